The minimum absolute atomic E-state index is 0. The van der Waals surface area contributed by atoms with Crippen molar-refractivity contribution in [3.05, 3.63) is 57.6 Å². The molecule has 303 valence electrons. The first-order valence-corrected chi connectivity index (χ1v) is 18.7. The first-order chi connectivity index (χ1) is 23.1. The molecule has 2 aromatic rings. The van der Waals surface area contributed by atoms with E-state index in [2.05, 4.69) is 137 Å². The fraction of sp³-hybridized carbons (Fsp3) is 0.692. The molecule has 0 fully saturated rings. The molecule has 1 heterocycles. The summed E-state index contributed by atoms with van der Waals surface area (Å²) in [5.74, 6) is 0. The third-order valence-electron chi connectivity index (χ3n) is 9.43. The average Bonchev–Trinajstić information content (AvgIpc) is 2.99. The van der Waals surface area contributed by atoms with Gasteiger partial charge in [0.1, 0.15) is 0 Å². The number of likely N-dealkylation sites (N-methyl/N-ethyl adjacent to an activating group) is 6. The first kappa shape index (κ1) is 51.5. The molecule has 0 aromatic heterocycles. The minimum Gasteiger partial charge on any atom is -0.779 e. The Hall–Kier alpha value is -0.493. The molecule has 1 aliphatic heterocycles. The van der Waals surface area contributed by atoms with Crippen molar-refractivity contribution >= 4 is 25.3 Å². The maximum absolute atomic E-state index is 7.17. The molecule has 0 saturated heterocycles. The molecule has 3 N–H and O–H groups in total. The predicted octanol–water partition coefficient (Wildman–Crippen LogP) is 3.64. The summed E-state index contributed by atoms with van der Waals surface area (Å²) in [4.78, 5) is 16.7. The molecule has 0 spiro atoms. The fourth-order valence-electron chi connectivity index (χ4n) is 5.91. The van der Waals surface area contributed by atoms with Crippen molar-refractivity contribution in [2.24, 2.45) is 0 Å². The van der Waals surface area contributed by atoms with Crippen molar-refractivity contribution in [3.63, 3.8) is 0 Å². The van der Waals surface area contributed by atoms with Gasteiger partial charge in [0.15, 0.2) is 0 Å². The van der Waals surface area contributed by atoms with Crippen molar-refractivity contribution in [2.75, 3.05) is 94.6 Å². The molecule has 0 aliphatic carbocycles. The van der Waals surface area contributed by atoms with Crippen LogP contribution in [0.15, 0.2) is 34.1 Å². The average molecular weight is 851 g/mol. The zero-order chi connectivity index (χ0) is 38.0. The van der Waals surface area contributed by atoms with Gasteiger partial charge in [-0.1, -0.05) is 88.1 Å². The number of rotatable bonds is 0. The summed E-state index contributed by atoms with van der Waals surface area (Å²) in [6.07, 6.45) is 0. The van der Waals surface area contributed by atoms with E-state index in [0.29, 0.717) is 0 Å². The fourth-order valence-corrected chi connectivity index (χ4v) is 6.41. The summed E-state index contributed by atoms with van der Waals surface area (Å²) in [5, 5.41) is 21.5. The van der Waals surface area contributed by atoms with E-state index in [0.717, 1.165) is 88.3 Å². The third kappa shape index (κ3) is 18.4. The molecule has 0 atom stereocenters. The second-order valence-electron chi connectivity index (χ2n) is 16.7. The van der Waals surface area contributed by atoms with E-state index in [-0.39, 0.29) is 43.8 Å². The second kappa shape index (κ2) is 23.5. The predicted molar refractivity (Wildman–Crippen MR) is 212 cm³/mol. The quantitative estimate of drug-likeness (QED) is 0.207. The van der Waals surface area contributed by atoms with Crippen LogP contribution in [0.25, 0.3) is 0 Å². The van der Waals surface area contributed by atoms with Gasteiger partial charge in [0.25, 0.3) is 6.48 Å². The molecular formula is C39H68N6Ni2O3S2+. The van der Waals surface area contributed by atoms with Gasteiger partial charge in [0, 0.05) is 95.0 Å². The van der Waals surface area contributed by atoms with Crippen LogP contribution in [0, 0.1) is 0 Å². The van der Waals surface area contributed by atoms with Crippen LogP contribution in [-0.4, -0.2) is 146 Å². The zero-order valence-electron chi connectivity index (χ0n) is 33.8. The van der Waals surface area contributed by atoms with E-state index in [9.17, 15) is 0 Å². The van der Waals surface area contributed by atoms with Crippen LogP contribution in [0.3, 0.4) is 0 Å². The standard InChI is InChI=1S/C38H66N6S2.CH4O3.2Ni/c1-37(2,3)33-21-29-25-41(9)17-13-39(7)15-19-43(11)27-31-23-34(38(4,5)6)24-32(36(31)46)28-44(12)20-16-40(8)14-18-42(10)26-30(22-33)35(29)45;2-1(3)4;;/h21-24,45-46H,13-20,25-28H2,1-12H3;1-4H;;/q;;;+3/p-2. The molecule has 13 heteroatoms. The van der Waals surface area contributed by atoms with Crippen molar-refractivity contribution < 1.29 is 48.3 Å². The van der Waals surface area contributed by atoms with Gasteiger partial charge in [-0.15, -0.1) is 0 Å². The van der Waals surface area contributed by atoms with Crippen LogP contribution >= 0.6 is 0 Å². The van der Waals surface area contributed by atoms with Crippen LogP contribution in [0.5, 0.6) is 0 Å². The number of nitrogens with zero attached hydrogens (tertiary/aromatic N) is 6. The van der Waals surface area contributed by atoms with Crippen molar-refractivity contribution in [1.82, 2.24) is 29.4 Å². The summed E-state index contributed by atoms with van der Waals surface area (Å²) < 4.78 is 0. The summed E-state index contributed by atoms with van der Waals surface area (Å²) in [5.41, 5.74) is 8.01. The Morgan fingerprint density at radius 3 is 0.808 bits per heavy atom. The van der Waals surface area contributed by atoms with E-state index >= 15 is 0 Å². The van der Waals surface area contributed by atoms with Crippen LogP contribution in [0.1, 0.15) is 74.9 Å². The topological polar surface area (TPSA) is 80.1 Å². The summed E-state index contributed by atoms with van der Waals surface area (Å²) in [7, 11) is 13.4. The van der Waals surface area contributed by atoms with Gasteiger partial charge in [-0.2, -0.15) is 9.79 Å². The zero-order valence-corrected chi connectivity index (χ0v) is 37.5. The van der Waals surface area contributed by atoms with Gasteiger partial charge in [0.05, 0.1) is 0 Å². The maximum Gasteiger partial charge on any atom is 3.00 e. The van der Waals surface area contributed by atoms with E-state index in [1.165, 1.54) is 33.4 Å². The van der Waals surface area contributed by atoms with E-state index < -0.39 is 6.48 Å². The monoisotopic (exact) mass is 848 g/mol. The molecule has 4 bridgehead atoms. The van der Waals surface area contributed by atoms with Crippen LogP contribution in [0.2, 0.25) is 0 Å². The smallest absolute Gasteiger partial charge is 0.779 e. The van der Waals surface area contributed by atoms with E-state index in [1.54, 1.807) is 0 Å². The Kier molecular flexibility index (Phi) is 23.3. The number of benzene rings is 2. The number of hydrogen-bond acceptors (Lipinski definition) is 11. The van der Waals surface area contributed by atoms with Crippen LogP contribution in [0.4, 0.5) is 0 Å². The Morgan fingerprint density at radius 2 is 0.635 bits per heavy atom. The number of hydrogen-bond donors (Lipinski definition) is 3. The van der Waals surface area contributed by atoms with E-state index in [4.69, 9.17) is 40.6 Å². The second-order valence-corrected chi connectivity index (χ2v) is 17.5. The van der Waals surface area contributed by atoms with Gasteiger partial charge < -0.3 is 70.0 Å². The van der Waals surface area contributed by atoms with Gasteiger partial charge in [0.2, 0.25) is 0 Å². The molecule has 9 nitrogen and oxygen atoms in total. The molecular weight excluding hydrogens is 782 g/mol. The maximum atomic E-state index is 7.17. The van der Waals surface area contributed by atoms with Gasteiger partial charge in [-0.3, -0.25) is 0 Å². The van der Waals surface area contributed by atoms with Crippen LogP contribution < -0.4 is 0 Å². The normalized spacial score (nSPS) is 18.5. The number of fused-ring (bicyclic) bond motifs is 4. The Balaban J connectivity index is 0.00000411. The minimum atomic E-state index is -2.17. The van der Waals surface area contributed by atoms with Crippen molar-refractivity contribution in [1.29, 1.82) is 0 Å². The van der Waals surface area contributed by atoms with Crippen molar-refractivity contribution in [2.45, 2.75) is 94.8 Å². The molecule has 3 rings (SSSR count). The Bertz CT molecular complexity index is 1170. The molecule has 0 saturated carbocycles. The van der Waals surface area contributed by atoms with Crippen LogP contribution in [-0.2, 0) is 95.2 Å². The SMILES string of the molecule is CN1CCN(C)Cc2cc(C(C)(C)C)cc(c2[S-])CN(C)CCN(C)CCN(C)Cc2cc(C(C)(C)C)cc(c2[S-])CN(C)CC1.OC(O)O.[Ni+3].[Ni]. The molecule has 2 aromatic carbocycles. The van der Waals surface area contributed by atoms with Gasteiger partial charge in [-0.25, -0.2) is 0 Å². The molecule has 52 heavy (non-hydrogen) atoms. The summed E-state index contributed by atoms with van der Waals surface area (Å²) in [6.45, 7) is 23.2. The Labute approximate surface area is 348 Å². The van der Waals surface area contributed by atoms with Gasteiger partial charge in [-0.05, 0) is 64.2 Å². The number of aliphatic hydroxyl groups excluding tert-OH is 1. The molecule has 0 amide bonds. The third-order valence-corrected chi connectivity index (χ3v) is 10.5. The van der Waals surface area contributed by atoms with Gasteiger partial charge >= 0.3 is 16.5 Å². The Morgan fingerprint density at radius 1 is 0.462 bits per heavy atom. The number of aliphatic hydroxyl groups is 3. The summed E-state index contributed by atoms with van der Waals surface area (Å²) in [6, 6.07) is 9.46. The van der Waals surface area contributed by atoms with Crippen molar-refractivity contribution in [3.8, 4) is 0 Å². The molecule has 0 unspecified atom stereocenters. The summed E-state index contributed by atoms with van der Waals surface area (Å²) >= 11 is 12.3. The molecule has 1 radical (unpaired) electrons. The molecule has 1 aliphatic rings. The largest absolute Gasteiger partial charge is 3.00 e. The van der Waals surface area contributed by atoms with E-state index in [1.807, 2.05) is 0 Å². The first-order valence-electron chi connectivity index (χ1n) is 17.9.